The van der Waals surface area contributed by atoms with Crippen molar-refractivity contribution in [2.75, 3.05) is 25.4 Å². The molecule has 2 heterocycles. The van der Waals surface area contributed by atoms with Crippen LogP contribution in [0, 0.1) is 5.92 Å². The number of nitrogens with zero attached hydrogens (tertiary/aromatic N) is 2. The van der Waals surface area contributed by atoms with Crippen LogP contribution in [-0.2, 0) is 10.0 Å². The van der Waals surface area contributed by atoms with Crippen LogP contribution in [0.5, 0.6) is 0 Å². The summed E-state index contributed by atoms with van der Waals surface area (Å²) in [6.07, 6.45) is 2.82. The van der Waals surface area contributed by atoms with Crippen molar-refractivity contribution in [3.63, 3.8) is 0 Å². The molecule has 1 atom stereocenters. The maximum atomic E-state index is 12.2. The van der Waals surface area contributed by atoms with Crippen LogP contribution in [-0.4, -0.2) is 47.7 Å². The quantitative estimate of drug-likeness (QED) is 0.671. The topological polar surface area (TPSA) is 112 Å². The van der Waals surface area contributed by atoms with Crippen LogP contribution in [0.2, 0.25) is 0 Å². The van der Waals surface area contributed by atoms with Gasteiger partial charge < -0.3 is 10.8 Å². The molecule has 17 heavy (non-hydrogen) atoms. The van der Waals surface area contributed by atoms with Crippen molar-refractivity contribution in [3.8, 4) is 0 Å². The lowest BCUT2D eigenvalue weighted by Gasteiger charge is -2.30. The Morgan fingerprint density at radius 3 is 3.00 bits per heavy atom. The fraction of sp³-hybridized carbons (Fsp3) is 0.667. The van der Waals surface area contributed by atoms with Gasteiger partial charge in [-0.05, 0) is 18.8 Å². The van der Waals surface area contributed by atoms with Crippen LogP contribution in [0.1, 0.15) is 12.8 Å². The van der Waals surface area contributed by atoms with Crippen molar-refractivity contribution in [2.45, 2.75) is 17.7 Å². The van der Waals surface area contributed by atoms with Crippen molar-refractivity contribution < 1.29 is 13.5 Å². The van der Waals surface area contributed by atoms with E-state index in [0.29, 0.717) is 13.1 Å². The number of aromatic amines is 1. The molecular weight excluding hydrogens is 244 g/mol. The first-order valence-corrected chi connectivity index (χ1v) is 6.89. The third kappa shape index (κ3) is 2.28. The van der Waals surface area contributed by atoms with Crippen molar-refractivity contribution in [2.24, 2.45) is 5.92 Å². The highest BCUT2D eigenvalue weighted by Crippen LogP contribution is 2.25. The number of aromatic nitrogens is 2. The Balaban J connectivity index is 2.24. The highest BCUT2D eigenvalue weighted by molar-refractivity contribution is 7.89. The zero-order valence-electron chi connectivity index (χ0n) is 9.33. The molecule has 1 aliphatic rings. The normalized spacial score (nSPS) is 22.8. The van der Waals surface area contributed by atoms with Crippen LogP contribution >= 0.6 is 0 Å². The second kappa shape index (κ2) is 4.63. The van der Waals surface area contributed by atoms with Crippen molar-refractivity contribution in [1.82, 2.24) is 14.5 Å². The van der Waals surface area contributed by atoms with Gasteiger partial charge in [-0.2, -0.15) is 9.40 Å². The first-order chi connectivity index (χ1) is 8.05. The lowest BCUT2D eigenvalue weighted by molar-refractivity contribution is 0.165. The van der Waals surface area contributed by atoms with Gasteiger partial charge in [0.1, 0.15) is 10.7 Å². The number of nitrogen functional groups attached to an aromatic ring is 1. The molecule has 1 aromatic rings. The zero-order valence-corrected chi connectivity index (χ0v) is 10.2. The van der Waals surface area contributed by atoms with E-state index >= 15 is 0 Å². The van der Waals surface area contributed by atoms with Gasteiger partial charge in [0.15, 0.2) is 0 Å². The number of aliphatic hydroxyl groups is 1. The molecule has 0 radical (unpaired) electrons. The van der Waals surface area contributed by atoms with Gasteiger partial charge in [0.05, 0.1) is 6.20 Å². The predicted octanol–water partition coefficient (Wildman–Crippen LogP) is -0.615. The molecular formula is C9H16N4O3S. The number of rotatable bonds is 3. The fourth-order valence-electron chi connectivity index (χ4n) is 2.02. The van der Waals surface area contributed by atoms with E-state index in [0.717, 1.165) is 12.8 Å². The summed E-state index contributed by atoms with van der Waals surface area (Å²) in [4.78, 5) is 0.0103. The maximum Gasteiger partial charge on any atom is 0.248 e. The zero-order chi connectivity index (χ0) is 12.5. The third-order valence-corrected chi connectivity index (χ3v) is 4.88. The first-order valence-electron chi connectivity index (χ1n) is 5.45. The minimum atomic E-state index is -3.59. The Hall–Kier alpha value is -1.12. The van der Waals surface area contributed by atoms with Gasteiger partial charge in [-0.1, -0.05) is 0 Å². The largest absolute Gasteiger partial charge is 0.396 e. The van der Waals surface area contributed by atoms with Crippen molar-refractivity contribution >= 4 is 15.8 Å². The molecule has 1 unspecified atom stereocenters. The van der Waals surface area contributed by atoms with Gasteiger partial charge in [0, 0.05) is 19.7 Å². The van der Waals surface area contributed by atoms with E-state index in [1.54, 1.807) is 0 Å². The molecule has 0 amide bonds. The number of nitrogens with one attached hydrogen (secondary N) is 1. The second-order valence-corrected chi connectivity index (χ2v) is 6.11. The standard InChI is InChI=1S/C9H16N4O3S/c10-9-8(4-11-12-9)17(15,16)13-3-1-2-7(5-13)6-14/h4,7,14H,1-3,5-6H2,(H3,10,11,12). The molecule has 0 aliphatic carbocycles. The molecule has 96 valence electrons. The smallest absolute Gasteiger partial charge is 0.248 e. The number of hydrogen-bond donors (Lipinski definition) is 3. The highest BCUT2D eigenvalue weighted by Gasteiger charge is 2.32. The van der Waals surface area contributed by atoms with E-state index in [2.05, 4.69) is 10.2 Å². The van der Waals surface area contributed by atoms with Gasteiger partial charge in [-0.3, -0.25) is 5.10 Å². The van der Waals surface area contributed by atoms with Gasteiger partial charge in [0.2, 0.25) is 10.0 Å². The molecule has 1 fully saturated rings. The van der Waals surface area contributed by atoms with Crippen LogP contribution in [0.25, 0.3) is 0 Å². The molecule has 0 bridgehead atoms. The Labute approximate surface area is 99.7 Å². The summed E-state index contributed by atoms with van der Waals surface area (Å²) < 4.78 is 25.8. The number of aliphatic hydroxyl groups excluding tert-OH is 1. The Morgan fingerprint density at radius 1 is 1.65 bits per heavy atom. The van der Waals surface area contributed by atoms with Gasteiger partial charge >= 0.3 is 0 Å². The third-order valence-electron chi connectivity index (χ3n) is 2.99. The maximum absolute atomic E-state index is 12.2. The summed E-state index contributed by atoms with van der Waals surface area (Å²) in [6, 6.07) is 0. The molecule has 7 nitrogen and oxygen atoms in total. The van der Waals surface area contributed by atoms with E-state index in [-0.39, 0.29) is 23.2 Å². The number of anilines is 1. The molecule has 1 aliphatic heterocycles. The number of piperidine rings is 1. The Morgan fingerprint density at radius 2 is 2.41 bits per heavy atom. The molecule has 1 saturated heterocycles. The van der Waals surface area contributed by atoms with E-state index in [1.165, 1.54) is 10.5 Å². The summed E-state index contributed by atoms with van der Waals surface area (Å²) in [7, 11) is -3.59. The average molecular weight is 260 g/mol. The Kier molecular flexibility index (Phi) is 3.36. The minimum absolute atomic E-state index is 0.00616. The van der Waals surface area contributed by atoms with Gasteiger partial charge in [0.25, 0.3) is 0 Å². The molecule has 0 spiro atoms. The average Bonchev–Trinajstić information content (AvgIpc) is 2.76. The molecule has 1 aromatic heterocycles. The predicted molar refractivity (Wildman–Crippen MR) is 61.6 cm³/mol. The van der Waals surface area contributed by atoms with Crippen LogP contribution < -0.4 is 5.73 Å². The summed E-state index contributed by atoms with van der Waals surface area (Å²) in [5, 5.41) is 15.1. The van der Waals surface area contributed by atoms with Crippen LogP contribution in [0.15, 0.2) is 11.1 Å². The van der Waals surface area contributed by atoms with E-state index in [4.69, 9.17) is 10.8 Å². The number of nitrogens with two attached hydrogens (primary N) is 1. The second-order valence-electron chi connectivity index (χ2n) is 4.20. The van der Waals surface area contributed by atoms with Crippen molar-refractivity contribution in [1.29, 1.82) is 0 Å². The molecule has 0 saturated carbocycles. The molecule has 8 heteroatoms. The molecule has 0 aromatic carbocycles. The van der Waals surface area contributed by atoms with Gasteiger partial charge in [-0.25, -0.2) is 8.42 Å². The SMILES string of the molecule is Nc1[nH]ncc1S(=O)(=O)N1CCCC(CO)C1. The molecule has 2 rings (SSSR count). The number of H-pyrrole nitrogens is 1. The summed E-state index contributed by atoms with van der Waals surface area (Å²) in [5.74, 6) is 0.0581. The highest BCUT2D eigenvalue weighted by atomic mass is 32.2. The fourth-order valence-corrected chi connectivity index (χ4v) is 3.59. The number of sulfonamides is 1. The van der Waals surface area contributed by atoms with Crippen molar-refractivity contribution in [3.05, 3.63) is 6.20 Å². The van der Waals surface area contributed by atoms with E-state index < -0.39 is 10.0 Å². The Bertz CT molecular complexity index is 484. The van der Waals surface area contributed by atoms with Crippen LogP contribution in [0.4, 0.5) is 5.82 Å². The van der Waals surface area contributed by atoms with E-state index in [1.807, 2.05) is 0 Å². The minimum Gasteiger partial charge on any atom is -0.396 e. The summed E-state index contributed by atoms with van der Waals surface area (Å²) >= 11 is 0. The van der Waals surface area contributed by atoms with Gasteiger partial charge in [-0.15, -0.1) is 0 Å². The first kappa shape index (κ1) is 12.3. The van der Waals surface area contributed by atoms with E-state index in [9.17, 15) is 8.42 Å². The summed E-state index contributed by atoms with van der Waals surface area (Å²) in [6.45, 7) is 0.805. The van der Waals surface area contributed by atoms with Crippen LogP contribution in [0.3, 0.4) is 0 Å². The monoisotopic (exact) mass is 260 g/mol. The lowest BCUT2D eigenvalue weighted by atomic mass is 10.0. The number of hydrogen-bond acceptors (Lipinski definition) is 5. The summed E-state index contributed by atoms with van der Waals surface area (Å²) in [5.41, 5.74) is 5.53. The molecule has 4 N–H and O–H groups in total. The lowest BCUT2D eigenvalue weighted by Crippen LogP contribution is -2.40.